The molecule has 6 heteroatoms. The maximum Gasteiger partial charge on any atom is 0.253 e. The van der Waals surface area contributed by atoms with Gasteiger partial charge >= 0.3 is 0 Å². The molecule has 0 unspecified atom stereocenters. The molecule has 0 atom stereocenters. The molecule has 0 fully saturated rings. The zero-order valence-corrected chi connectivity index (χ0v) is 12.4. The minimum Gasteiger partial charge on any atom is -0.506 e. The summed E-state index contributed by atoms with van der Waals surface area (Å²) >= 11 is 9.01. The number of aromatic hydroxyl groups is 1. The normalized spacial score (nSPS) is 10.4. The predicted octanol–water partition coefficient (Wildman–Crippen LogP) is 2.53. The molecule has 4 nitrogen and oxygen atoms in total. The van der Waals surface area contributed by atoms with Gasteiger partial charge in [0.2, 0.25) is 0 Å². The summed E-state index contributed by atoms with van der Waals surface area (Å²) in [6, 6.07) is 4.40. The van der Waals surface area contributed by atoms with Crippen molar-refractivity contribution < 1.29 is 14.6 Å². The average Bonchev–Trinajstić information content (AvgIpc) is 2.37. The summed E-state index contributed by atoms with van der Waals surface area (Å²) in [5.41, 5.74) is 0.445. The molecule has 0 heterocycles. The summed E-state index contributed by atoms with van der Waals surface area (Å²) in [6.07, 6.45) is 0. The second kappa shape index (κ2) is 7.61. The van der Waals surface area contributed by atoms with E-state index in [0.717, 1.165) is 5.33 Å². The van der Waals surface area contributed by atoms with E-state index in [1.54, 1.807) is 18.0 Å². The van der Waals surface area contributed by atoms with Gasteiger partial charge in [0.05, 0.1) is 18.2 Å². The van der Waals surface area contributed by atoms with E-state index in [-0.39, 0.29) is 16.7 Å². The number of benzene rings is 1. The minimum absolute atomic E-state index is 0.0310. The van der Waals surface area contributed by atoms with Crippen molar-refractivity contribution in [2.24, 2.45) is 0 Å². The quantitative estimate of drug-likeness (QED) is 0.641. The average molecular weight is 337 g/mol. The van der Waals surface area contributed by atoms with Crippen LogP contribution in [-0.4, -0.2) is 48.0 Å². The van der Waals surface area contributed by atoms with Crippen molar-refractivity contribution in [2.45, 2.75) is 0 Å². The van der Waals surface area contributed by atoms with Crippen LogP contribution >= 0.6 is 27.5 Å². The Morgan fingerprint density at radius 1 is 1.50 bits per heavy atom. The first-order valence-electron chi connectivity index (χ1n) is 5.44. The molecule has 0 radical (unpaired) electrons. The fraction of sp³-hybridized carbons (Fsp3) is 0.417. The molecule has 1 aromatic carbocycles. The van der Waals surface area contributed by atoms with Crippen LogP contribution in [0.1, 0.15) is 10.4 Å². The molecule has 0 saturated carbocycles. The van der Waals surface area contributed by atoms with E-state index >= 15 is 0 Å². The molecule has 100 valence electrons. The molecule has 1 amide bonds. The van der Waals surface area contributed by atoms with E-state index in [1.165, 1.54) is 12.1 Å². The molecule has 0 aliphatic rings. The molecular weight excluding hydrogens is 321 g/mol. The Hall–Kier alpha value is -0.780. The molecule has 0 aliphatic carbocycles. The van der Waals surface area contributed by atoms with E-state index in [4.69, 9.17) is 16.3 Å². The lowest BCUT2D eigenvalue weighted by atomic mass is 10.2. The highest BCUT2D eigenvalue weighted by Gasteiger charge is 2.12. The maximum absolute atomic E-state index is 12.0. The van der Waals surface area contributed by atoms with E-state index < -0.39 is 0 Å². The number of likely N-dealkylation sites (N-methyl/N-ethyl adjacent to an activating group) is 1. The van der Waals surface area contributed by atoms with Crippen molar-refractivity contribution in [2.75, 3.05) is 32.1 Å². The Balaban J connectivity index is 2.54. The molecule has 0 saturated heterocycles. The SMILES string of the molecule is CN(CCOCCBr)C(=O)c1ccc(O)c(Cl)c1. The van der Waals surface area contributed by atoms with Gasteiger partial charge in [-0.3, -0.25) is 4.79 Å². The second-order valence-electron chi connectivity index (χ2n) is 3.69. The summed E-state index contributed by atoms with van der Waals surface area (Å²) < 4.78 is 5.28. The largest absolute Gasteiger partial charge is 0.506 e. The third-order valence-corrected chi connectivity index (χ3v) is 2.96. The van der Waals surface area contributed by atoms with Gasteiger partial charge in [-0.1, -0.05) is 27.5 Å². The Labute approximate surface area is 120 Å². The summed E-state index contributed by atoms with van der Waals surface area (Å²) in [7, 11) is 1.70. The number of alkyl halides is 1. The number of rotatable bonds is 6. The number of ether oxygens (including phenoxy) is 1. The van der Waals surface area contributed by atoms with Crippen LogP contribution in [0.3, 0.4) is 0 Å². The molecule has 1 rings (SSSR count). The number of phenols is 1. The monoisotopic (exact) mass is 335 g/mol. The third kappa shape index (κ3) is 4.48. The van der Waals surface area contributed by atoms with Crippen molar-refractivity contribution in [3.8, 4) is 5.75 Å². The van der Waals surface area contributed by atoms with E-state index in [0.29, 0.717) is 25.3 Å². The van der Waals surface area contributed by atoms with Gasteiger partial charge < -0.3 is 14.7 Å². The van der Waals surface area contributed by atoms with Crippen LogP contribution in [0.25, 0.3) is 0 Å². The number of hydrogen-bond donors (Lipinski definition) is 1. The summed E-state index contributed by atoms with van der Waals surface area (Å²) in [5, 5.41) is 10.2. The summed E-state index contributed by atoms with van der Waals surface area (Å²) in [6.45, 7) is 1.61. The topological polar surface area (TPSA) is 49.8 Å². The van der Waals surface area contributed by atoms with Crippen LogP contribution < -0.4 is 0 Å². The number of nitrogens with zero attached hydrogens (tertiary/aromatic N) is 1. The second-order valence-corrected chi connectivity index (χ2v) is 4.89. The van der Waals surface area contributed by atoms with Crippen LogP contribution in [0.2, 0.25) is 5.02 Å². The summed E-state index contributed by atoms with van der Waals surface area (Å²) in [4.78, 5) is 13.5. The van der Waals surface area contributed by atoms with Crippen LogP contribution in [0.4, 0.5) is 0 Å². The zero-order chi connectivity index (χ0) is 13.5. The highest BCUT2D eigenvalue weighted by Crippen LogP contribution is 2.24. The molecule has 0 aromatic heterocycles. The van der Waals surface area contributed by atoms with Crippen molar-refractivity contribution in [1.29, 1.82) is 0 Å². The fourth-order valence-electron chi connectivity index (χ4n) is 1.32. The van der Waals surface area contributed by atoms with Crippen molar-refractivity contribution in [1.82, 2.24) is 4.90 Å². The van der Waals surface area contributed by atoms with Crippen molar-refractivity contribution in [3.63, 3.8) is 0 Å². The first-order valence-corrected chi connectivity index (χ1v) is 6.94. The third-order valence-electron chi connectivity index (χ3n) is 2.33. The predicted molar refractivity (Wildman–Crippen MR) is 74.7 cm³/mol. The first-order chi connectivity index (χ1) is 8.56. The van der Waals surface area contributed by atoms with Crippen molar-refractivity contribution in [3.05, 3.63) is 28.8 Å². The van der Waals surface area contributed by atoms with Gasteiger partial charge in [0.15, 0.2) is 0 Å². The van der Waals surface area contributed by atoms with Crippen molar-refractivity contribution >= 4 is 33.4 Å². The standard InChI is InChI=1S/C12H15BrClNO3/c1-15(5-7-18-6-4-13)12(17)9-2-3-11(16)10(14)8-9/h2-3,8,16H,4-7H2,1H3. The Kier molecular flexibility index (Phi) is 6.46. The number of halogens is 2. The Morgan fingerprint density at radius 2 is 2.22 bits per heavy atom. The van der Waals surface area contributed by atoms with E-state index in [2.05, 4.69) is 15.9 Å². The lowest BCUT2D eigenvalue weighted by Gasteiger charge is -2.17. The maximum atomic E-state index is 12.0. The number of hydrogen-bond acceptors (Lipinski definition) is 3. The van der Waals surface area contributed by atoms with Crippen LogP contribution in [0.15, 0.2) is 18.2 Å². The van der Waals surface area contributed by atoms with E-state index in [9.17, 15) is 9.90 Å². The molecular formula is C12H15BrClNO3. The summed E-state index contributed by atoms with van der Waals surface area (Å²) in [5.74, 6) is -0.184. The van der Waals surface area contributed by atoms with Gasteiger partial charge in [-0.05, 0) is 18.2 Å². The lowest BCUT2D eigenvalue weighted by molar-refractivity contribution is 0.0713. The van der Waals surface area contributed by atoms with Gasteiger partial charge in [-0.2, -0.15) is 0 Å². The molecule has 0 aliphatic heterocycles. The number of amides is 1. The first kappa shape index (κ1) is 15.3. The van der Waals surface area contributed by atoms with Gasteiger partial charge in [0, 0.05) is 24.5 Å². The van der Waals surface area contributed by atoms with Gasteiger partial charge in [0.1, 0.15) is 5.75 Å². The number of carbonyl (C=O) groups excluding carboxylic acids is 1. The minimum atomic E-state index is -0.153. The van der Waals surface area contributed by atoms with Crippen LogP contribution in [-0.2, 0) is 4.74 Å². The highest BCUT2D eigenvalue weighted by molar-refractivity contribution is 9.09. The number of phenolic OH excluding ortho intramolecular Hbond substituents is 1. The van der Waals surface area contributed by atoms with Crippen LogP contribution in [0, 0.1) is 0 Å². The lowest BCUT2D eigenvalue weighted by Crippen LogP contribution is -2.30. The Morgan fingerprint density at radius 3 is 2.83 bits per heavy atom. The zero-order valence-electron chi connectivity index (χ0n) is 10.0. The number of carbonyl (C=O) groups is 1. The molecule has 0 bridgehead atoms. The highest BCUT2D eigenvalue weighted by atomic mass is 79.9. The molecule has 1 aromatic rings. The van der Waals surface area contributed by atoms with Gasteiger partial charge in [0.25, 0.3) is 5.91 Å². The Bertz CT molecular complexity index is 414. The van der Waals surface area contributed by atoms with Crippen LogP contribution in [0.5, 0.6) is 5.75 Å². The molecule has 0 spiro atoms. The smallest absolute Gasteiger partial charge is 0.253 e. The fourth-order valence-corrected chi connectivity index (χ4v) is 1.73. The van der Waals surface area contributed by atoms with E-state index in [1.807, 2.05) is 0 Å². The molecule has 1 N–H and O–H groups in total. The molecule has 18 heavy (non-hydrogen) atoms. The van der Waals surface area contributed by atoms with Gasteiger partial charge in [-0.15, -0.1) is 0 Å². The van der Waals surface area contributed by atoms with Gasteiger partial charge in [-0.25, -0.2) is 0 Å².